The predicted octanol–water partition coefficient (Wildman–Crippen LogP) is 2.43. The van der Waals surface area contributed by atoms with E-state index < -0.39 is 6.10 Å². The molecule has 3 heteroatoms. The lowest BCUT2D eigenvalue weighted by Gasteiger charge is -2.27. The van der Waals surface area contributed by atoms with Gasteiger partial charge in [-0.25, -0.2) is 0 Å². The zero-order chi connectivity index (χ0) is 13.7. The number of benzene rings is 1. The number of carbonyl (C=O) groups is 1. The Hall–Kier alpha value is -1.61. The number of aliphatic hydroxyl groups excluding tert-OH is 1. The zero-order valence-corrected chi connectivity index (χ0v) is 11.3. The molecule has 1 saturated carbocycles. The Morgan fingerprint density at radius 3 is 2.63 bits per heavy atom. The smallest absolute Gasteiger partial charge is 0.244 e. The van der Waals surface area contributed by atoms with Gasteiger partial charge >= 0.3 is 0 Å². The van der Waals surface area contributed by atoms with Crippen molar-refractivity contribution < 1.29 is 9.90 Å². The van der Waals surface area contributed by atoms with Gasteiger partial charge in [-0.15, -0.1) is 0 Å². The highest BCUT2D eigenvalue weighted by molar-refractivity contribution is 5.91. The SMILES string of the molecule is Cc1ccc(C=CC(=O)NC2CCCCC2O)cc1. The summed E-state index contributed by atoms with van der Waals surface area (Å²) >= 11 is 0. The molecule has 0 radical (unpaired) electrons. The van der Waals surface area contributed by atoms with Crippen LogP contribution in [-0.4, -0.2) is 23.2 Å². The molecule has 2 atom stereocenters. The van der Waals surface area contributed by atoms with Crippen molar-refractivity contribution in [2.24, 2.45) is 0 Å². The third-order valence-corrected chi connectivity index (χ3v) is 3.56. The molecule has 0 aromatic heterocycles. The van der Waals surface area contributed by atoms with E-state index in [4.69, 9.17) is 0 Å². The normalized spacial score (nSPS) is 23.5. The lowest BCUT2D eigenvalue weighted by molar-refractivity contribution is -0.118. The number of hydrogen-bond acceptors (Lipinski definition) is 2. The molecule has 1 aromatic carbocycles. The molecule has 1 aliphatic carbocycles. The minimum Gasteiger partial charge on any atom is -0.391 e. The van der Waals surface area contributed by atoms with Crippen LogP contribution in [0.2, 0.25) is 0 Å². The van der Waals surface area contributed by atoms with Gasteiger partial charge in [-0.1, -0.05) is 42.7 Å². The van der Waals surface area contributed by atoms with Gasteiger partial charge < -0.3 is 10.4 Å². The second kappa shape index (κ2) is 6.53. The van der Waals surface area contributed by atoms with Crippen molar-refractivity contribution in [3.63, 3.8) is 0 Å². The van der Waals surface area contributed by atoms with Crippen LogP contribution in [0.15, 0.2) is 30.3 Å². The molecular formula is C16H21NO2. The summed E-state index contributed by atoms with van der Waals surface area (Å²) < 4.78 is 0. The summed E-state index contributed by atoms with van der Waals surface area (Å²) in [5.41, 5.74) is 2.21. The monoisotopic (exact) mass is 259 g/mol. The lowest BCUT2D eigenvalue weighted by atomic mass is 9.92. The highest BCUT2D eigenvalue weighted by Gasteiger charge is 2.23. The Kier molecular flexibility index (Phi) is 4.74. The van der Waals surface area contributed by atoms with Crippen LogP contribution in [0.4, 0.5) is 0 Å². The maximum atomic E-state index is 11.8. The van der Waals surface area contributed by atoms with Gasteiger partial charge in [-0.3, -0.25) is 4.79 Å². The molecule has 1 aliphatic rings. The molecule has 0 aliphatic heterocycles. The summed E-state index contributed by atoms with van der Waals surface area (Å²) in [7, 11) is 0. The summed E-state index contributed by atoms with van der Waals surface area (Å²) in [6.45, 7) is 2.03. The Labute approximate surface area is 114 Å². The van der Waals surface area contributed by atoms with Crippen molar-refractivity contribution in [1.29, 1.82) is 0 Å². The van der Waals surface area contributed by atoms with E-state index in [1.165, 1.54) is 11.6 Å². The van der Waals surface area contributed by atoms with E-state index in [0.29, 0.717) is 0 Å². The first-order chi connectivity index (χ1) is 9.15. The number of aryl methyl sites for hydroxylation is 1. The standard InChI is InChI=1S/C16H21NO2/c1-12-6-8-13(9-7-12)10-11-16(19)17-14-4-2-3-5-15(14)18/h6-11,14-15,18H,2-5H2,1H3,(H,17,19). The first-order valence-corrected chi connectivity index (χ1v) is 6.88. The van der Waals surface area contributed by atoms with E-state index in [-0.39, 0.29) is 11.9 Å². The fourth-order valence-electron chi connectivity index (χ4n) is 2.36. The highest BCUT2D eigenvalue weighted by atomic mass is 16.3. The summed E-state index contributed by atoms with van der Waals surface area (Å²) in [6, 6.07) is 7.90. The Morgan fingerprint density at radius 2 is 1.95 bits per heavy atom. The molecule has 2 rings (SSSR count). The molecule has 1 aromatic rings. The number of carbonyl (C=O) groups excluding carboxylic acids is 1. The molecule has 1 amide bonds. The van der Waals surface area contributed by atoms with Crippen LogP contribution in [0.1, 0.15) is 36.8 Å². The van der Waals surface area contributed by atoms with E-state index in [0.717, 1.165) is 31.2 Å². The molecule has 0 saturated heterocycles. The Morgan fingerprint density at radius 1 is 1.26 bits per heavy atom. The molecule has 0 bridgehead atoms. The van der Waals surface area contributed by atoms with Crippen LogP contribution in [-0.2, 0) is 4.79 Å². The summed E-state index contributed by atoms with van der Waals surface area (Å²) in [4.78, 5) is 11.8. The van der Waals surface area contributed by atoms with Crippen LogP contribution in [0.5, 0.6) is 0 Å². The third-order valence-electron chi connectivity index (χ3n) is 3.56. The highest BCUT2D eigenvalue weighted by Crippen LogP contribution is 2.18. The second-order valence-electron chi connectivity index (χ2n) is 5.21. The maximum Gasteiger partial charge on any atom is 0.244 e. The summed E-state index contributed by atoms with van der Waals surface area (Å²) in [5, 5.41) is 12.7. The average Bonchev–Trinajstić information content (AvgIpc) is 2.41. The number of hydrogen-bond donors (Lipinski definition) is 2. The van der Waals surface area contributed by atoms with E-state index in [9.17, 15) is 9.90 Å². The minimum atomic E-state index is -0.398. The van der Waals surface area contributed by atoms with Crippen LogP contribution in [0.25, 0.3) is 6.08 Å². The summed E-state index contributed by atoms with van der Waals surface area (Å²) in [6.07, 6.45) is 6.70. The molecule has 2 unspecified atom stereocenters. The molecule has 0 heterocycles. The van der Waals surface area contributed by atoms with Crippen LogP contribution >= 0.6 is 0 Å². The van der Waals surface area contributed by atoms with Crippen molar-refractivity contribution in [3.8, 4) is 0 Å². The molecule has 2 N–H and O–H groups in total. The van der Waals surface area contributed by atoms with E-state index in [2.05, 4.69) is 5.32 Å². The topological polar surface area (TPSA) is 49.3 Å². The lowest BCUT2D eigenvalue weighted by Crippen LogP contribution is -2.44. The first kappa shape index (κ1) is 13.8. The van der Waals surface area contributed by atoms with Gasteiger partial charge in [0, 0.05) is 6.08 Å². The number of rotatable bonds is 3. The molecular weight excluding hydrogens is 238 g/mol. The fraction of sp³-hybridized carbons (Fsp3) is 0.438. The van der Waals surface area contributed by atoms with Crippen LogP contribution in [0.3, 0.4) is 0 Å². The van der Waals surface area contributed by atoms with E-state index in [1.54, 1.807) is 6.08 Å². The van der Waals surface area contributed by atoms with Crippen LogP contribution < -0.4 is 5.32 Å². The van der Waals surface area contributed by atoms with Gasteiger partial charge in [0.25, 0.3) is 0 Å². The van der Waals surface area contributed by atoms with Crippen molar-refractivity contribution in [2.45, 2.75) is 44.8 Å². The average molecular weight is 259 g/mol. The molecule has 3 nitrogen and oxygen atoms in total. The van der Waals surface area contributed by atoms with Gasteiger partial charge in [0.15, 0.2) is 0 Å². The maximum absolute atomic E-state index is 11.8. The molecule has 0 spiro atoms. The molecule has 19 heavy (non-hydrogen) atoms. The largest absolute Gasteiger partial charge is 0.391 e. The second-order valence-corrected chi connectivity index (χ2v) is 5.21. The minimum absolute atomic E-state index is 0.0936. The van der Waals surface area contributed by atoms with Gasteiger partial charge in [-0.2, -0.15) is 0 Å². The quantitative estimate of drug-likeness (QED) is 0.819. The Bertz CT molecular complexity index is 450. The van der Waals surface area contributed by atoms with Gasteiger partial charge in [0.2, 0.25) is 5.91 Å². The molecule has 1 fully saturated rings. The van der Waals surface area contributed by atoms with E-state index in [1.807, 2.05) is 31.2 Å². The fourth-order valence-corrected chi connectivity index (χ4v) is 2.36. The van der Waals surface area contributed by atoms with E-state index >= 15 is 0 Å². The van der Waals surface area contributed by atoms with Crippen molar-refractivity contribution in [3.05, 3.63) is 41.5 Å². The first-order valence-electron chi connectivity index (χ1n) is 6.88. The van der Waals surface area contributed by atoms with Gasteiger partial charge in [-0.05, 0) is 31.4 Å². The third kappa shape index (κ3) is 4.21. The van der Waals surface area contributed by atoms with Gasteiger partial charge in [0.1, 0.15) is 0 Å². The summed E-state index contributed by atoms with van der Waals surface area (Å²) in [5.74, 6) is -0.133. The van der Waals surface area contributed by atoms with Gasteiger partial charge in [0.05, 0.1) is 12.1 Å². The van der Waals surface area contributed by atoms with Crippen molar-refractivity contribution in [1.82, 2.24) is 5.32 Å². The van der Waals surface area contributed by atoms with Crippen LogP contribution in [0, 0.1) is 6.92 Å². The molecule has 102 valence electrons. The zero-order valence-electron chi connectivity index (χ0n) is 11.3. The Balaban J connectivity index is 1.88. The number of aliphatic hydroxyl groups is 1. The van der Waals surface area contributed by atoms with Crippen molar-refractivity contribution >= 4 is 12.0 Å². The predicted molar refractivity (Wildman–Crippen MR) is 76.6 cm³/mol. The number of amides is 1. The van der Waals surface area contributed by atoms with Crippen molar-refractivity contribution in [2.75, 3.05) is 0 Å². The number of nitrogens with one attached hydrogen (secondary N) is 1.